The van der Waals surface area contributed by atoms with Gasteiger partial charge in [0.25, 0.3) is 5.91 Å². The molecule has 1 amide bonds. The van der Waals surface area contributed by atoms with Crippen molar-refractivity contribution in [2.45, 2.75) is 13.1 Å². The second kappa shape index (κ2) is 5.97. The topological polar surface area (TPSA) is 59.6 Å². The summed E-state index contributed by atoms with van der Waals surface area (Å²) in [6.45, 7) is 2.49. The van der Waals surface area contributed by atoms with Crippen LogP contribution in [0, 0.1) is 0 Å². The summed E-state index contributed by atoms with van der Waals surface area (Å²) in [7, 11) is 1.60. The van der Waals surface area contributed by atoms with Gasteiger partial charge in [0.1, 0.15) is 6.17 Å². The molecule has 2 aromatic rings. The van der Waals surface area contributed by atoms with Crippen molar-refractivity contribution in [2.24, 2.45) is 0 Å². The van der Waals surface area contributed by atoms with Crippen LogP contribution < -0.4 is 20.1 Å². The molecule has 114 valence electrons. The first-order valence-corrected chi connectivity index (χ1v) is 7.20. The molecule has 0 aliphatic carbocycles. The molecule has 5 nitrogen and oxygen atoms in total. The highest BCUT2D eigenvalue weighted by Gasteiger charge is 2.24. The van der Waals surface area contributed by atoms with Crippen molar-refractivity contribution in [2.75, 3.05) is 19.0 Å². The number of hydrogen-bond acceptors (Lipinski definition) is 4. The molecule has 2 aromatic carbocycles. The molecule has 3 rings (SSSR count). The zero-order valence-electron chi connectivity index (χ0n) is 12.6. The molecule has 0 unspecified atom stereocenters. The summed E-state index contributed by atoms with van der Waals surface area (Å²) >= 11 is 0. The number of benzene rings is 2. The maximum absolute atomic E-state index is 12.2. The molecule has 1 aliphatic rings. The first kappa shape index (κ1) is 14.3. The minimum Gasteiger partial charge on any atom is -0.493 e. The van der Waals surface area contributed by atoms with Crippen LogP contribution in [-0.2, 0) is 0 Å². The van der Waals surface area contributed by atoms with Crippen LogP contribution in [-0.4, -0.2) is 19.6 Å². The van der Waals surface area contributed by atoms with Crippen molar-refractivity contribution >= 4 is 11.6 Å². The van der Waals surface area contributed by atoms with Crippen molar-refractivity contribution in [1.29, 1.82) is 0 Å². The molecule has 0 saturated heterocycles. The van der Waals surface area contributed by atoms with Crippen LogP contribution >= 0.6 is 0 Å². The molecule has 0 fully saturated rings. The average Bonchev–Trinajstić information content (AvgIpc) is 2.55. The Bertz CT molecular complexity index is 700. The van der Waals surface area contributed by atoms with Gasteiger partial charge in [-0.2, -0.15) is 0 Å². The molecule has 0 spiro atoms. The molecule has 2 N–H and O–H groups in total. The van der Waals surface area contributed by atoms with E-state index in [2.05, 4.69) is 10.6 Å². The van der Waals surface area contributed by atoms with E-state index in [0.717, 1.165) is 11.3 Å². The molecule has 0 saturated carbocycles. The van der Waals surface area contributed by atoms with Gasteiger partial charge in [-0.1, -0.05) is 18.2 Å². The van der Waals surface area contributed by atoms with Gasteiger partial charge in [0.05, 0.1) is 19.3 Å². The lowest BCUT2D eigenvalue weighted by atomic mass is 10.1. The van der Waals surface area contributed by atoms with Crippen molar-refractivity contribution < 1.29 is 14.3 Å². The van der Waals surface area contributed by atoms with E-state index < -0.39 is 0 Å². The lowest BCUT2D eigenvalue weighted by Gasteiger charge is -2.28. The van der Waals surface area contributed by atoms with Crippen LogP contribution in [0.3, 0.4) is 0 Å². The fraction of sp³-hybridized carbons (Fsp3) is 0.235. The monoisotopic (exact) mass is 298 g/mol. The summed E-state index contributed by atoms with van der Waals surface area (Å²) in [6, 6.07) is 13.1. The zero-order valence-corrected chi connectivity index (χ0v) is 12.6. The summed E-state index contributed by atoms with van der Waals surface area (Å²) < 4.78 is 10.9. The summed E-state index contributed by atoms with van der Waals surface area (Å²) in [5, 5.41) is 6.26. The Kier molecular flexibility index (Phi) is 3.87. The van der Waals surface area contributed by atoms with Crippen LogP contribution in [0.1, 0.15) is 29.0 Å². The highest BCUT2D eigenvalue weighted by Crippen LogP contribution is 2.32. The van der Waals surface area contributed by atoms with Crippen LogP contribution in [0.4, 0.5) is 5.69 Å². The summed E-state index contributed by atoms with van der Waals surface area (Å²) in [5.74, 6) is 1.25. The highest BCUT2D eigenvalue weighted by molar-refractivity contribution is 6.01. The summed E-state index contributed by atoms with van der Waals surface area (Å²) in [4.78, 5) is 12.2. The van der Waals surface area contributed by atoms with E-state index in [9.17, 15) is 4.79 Å². The molecular formula is C17H18N2O3. The third-order valence-corrected chi connectivity index (χ3v) is 3.57. The largest absolute Gasteiger partial charge is 0.493 e. The van der Waals surface area contributed by atoms with Crippen molar-refractivity contribution in [3.8, 4) is 11.5 Å². The Morgan fingerprint density at radius 1 is 1.09 bits per heavy atom. The number of hydrogen-bond donors (Lipinski definition) is 2. The van der Waals surface area contributed by atoms with Gasteiger partial charge in [-0.05, 0) is 36.8 Å². The van der Waals surface area contributed by atoms with Crippen LogP contribution in [0.5, 0.6) is 11.5 Å². The maximum atomic E-state index is 12.2. The Hall–Kier alpha value is -2.69. The molecule has 22 heavy (non-hydrogen) atoms. The number of rotatable bonds is 4. The van der Waals surface area contributed by atoms with E-state index in [1.54, 1.807) is 13.2 Å². The van der Waals surface area contributed by atoms with E-state index in [0.29, 0.717) is 23.7 Å². The van der Waals surface area contributed by atoms with Gasteiger partial charge in [0, 0.05) is 5.69 Å². The summed E-state index contributed by atoms with van der Waals surface area (Å²) in [5.41, 5.74) is 2.38. The molecule has 5 heteroatoms. The number of carbonyl (C=O) groups is 1. The predicted octanol–water partition coefficient (Wildman–Crippen LogP) is 2.95. The number of methoxy groups -OCH3 is 1. The van der Waals surface area contributed by atoms with Gasteiger partial charge in [-0.15, -0.1) is 0 Å². The molecule has 1 atom stereocenters. The minimum atomic E-state index is -0.299. The van der Waals surface area contributed by atoms with E-state index in [1.807, 2.05) is 43.3 Å². The number of anilines is 1. The first-order valence-electron chi connectivity index (χ1n) is 7.20. The molecule has 0 bridgehead atoms. The molecule has 0 aromatic heterocycles. The minimum absolute atomic E-state index is 0.0906. The van der Waals surface area contributed by atoms with Gasteiger partial charge in [0.2, 0.25) is 0 Å². The molecule has 1 aliphatic heterocycles. The van der Waals surface area contributed by atoms with Crippen LogP contribution in [0.15, 0.2) is 42.5 Å². The second-order valence-electron chi connectivity index (χ2n) is 4.94. The fourth-order valence-electron chi connectivity index (χ4n) is 2.51. The van der Waals surface area contributed by atoms with Crippen molar-refractivity contribution in [3.05, 3.63) is 53.6 Å². The Labute approximate surface area is 129 Å². The van der Waals surface area contributed by atoms with Crippen molar-refractivity contribution in [1.82, 2.24) is 5.32 Å². The van der Waals surface area contributed by atoms with E-state index >= 15 is 0 Å². The van der Waals surface area contributed by atoms with E-state index in [-0.39, 0.29) is 12.1 Å². The lowest BCUT2D eigenvalue weighted by molar-refractivity contribution is 0.0935. The fourth-order valence-corrected chi connectivity index (χ4v) is 2.51. The van der Waals surface area contributed by atoms with E-state index in [4.69, 9.17) is 9.47 Å². The number of para-hydroxylation sites is 1. The summed E-state index contributed by atoms with van der Waals surface area (Å²) in [6.07, 6.45) is -0.299. The number of fused-ring (bicyclic) bond motifs is 1. The van der Waals surface area contributed by atoms with Gasteiger partial charge in [-0.3, -0.25) is 4.79 Å². The van der Waals surface area contributed by atoms with E-state index in [1.165, 1.54) is 0 Å². The molecule has 1 heterocycles. The average molecular weight is 298 g/mol. The molecule has 0 radical (unpaired) electrons. The lowest BCUT2D eigenvalue weighted by Crippen LogP contribution is -2.38. The predicted molar refractivity (Wildman–Crippen MR) is 84.4 cm³/mol. The van der Waals surface area contributed by atoms with Crippen LogP contribution in [0.2, 0.25) is 0 Å². The number of amides is 1. The highest BCUT2D eigenvalue weighted by atomic mass is 16.5. The third kappa shape index (κ3) is 2.57. The van der Waals surface area contributed by atoms with Crippen molar-refractivity contribution in [3.63, 3.8) is 0 Å². The van der Waals surface area contributed by atoms with Gasteiger partial charge in [-0.25, -0.2) is 0 Å². The zero-order chi connectivity index (χ0) is 15.5. The number of nitrogens with one attached hydrogen (secondary N) is 2. The second-order valence-corrected chi connectivity index (χ2v) is 4.94. The standard InChI is InChI=1S/C17H18N2O3/c1-3-22-14-9-8-11(10-15(14)21-2)16-18-13-7-5-4-6-12(13)17(20)19-16/h4-10,16,18H,3H2,1-2H3,(H,19,20)/t16-/m1/s1. The quantitative estimate of drug-likeness (QED) is 0.911. The van der Waals surface area contributed by atoms with Gasteiger partial charge >= 0.3 is 0 Å². The van der Waals surface area contributed by atoms with Gasteiger partial charge < -0.3 is 20.1 Å². The Balaban J connectivity index is 1.91. The smallest absolute Gasteiger partial charge is 0.255 e. The maximum Gasteiger partial charge on any atom is 0.255 e. The Morgan fingerprint density at radius 3 is 2.68 bits per heavy atom. The Morgan fingerprint density at radius 2 is 1.91 bits per heavy atom. The normalized spacial score (nSPS) is 16.3. The SMILES string of the molecule is CCOc1ccc([C@H]2NC(=O)c3ccccc3N2)cc1OC. The number of carbonyl (C=O) groups excluding carboxylic acids is 1. The number of ether oxygens (including phenoxy) is 2. The van der Waals surface area contributed by atoms with Crippen LogP contribution in [0.25, 0.3) is 0 Å². The first-order chi connectivity index (χ1) is 10.7. The third-order valence-electron chi connectivity index (χ3n) is 3.57. The van der Waals surface area contributed by atoms with Gasteiger partial charge in [0.15, 0.2) is 11.5 Å². The molecular weight excluding hydrogens is 280 g/mol.